The first-order valence-corrected chi connectivity index (χ1v) is 7.53. The number of thiazole rings is 1. The smallest absolute Gasteiger partial charge is 0.273 e. The lowest BCUT2D eigenvalue weighted by Crippen LogP contribution is -2.41. The van der Waals surface area contributed by atoms with Gasteiger partial charge in [0.1, 0.15) is 5.69 Å². The van der Waals surface area contributed by atoms with Gasteiger partial charge in [-0.15, -0.1) is 11.3 Å². The Balaban J connectivity index is 2.01. The molecule has 1 aliphatic heterocycles. The summed E-state index contributed by atoms with van der Waals surface area (Å²) in [4.78, 5) is 18.6. The molecule has 1 N–H and O–H groups in total. The Morgan fingerprint density at radius 1 is 1.67 bits per heavy atom. The van der Waals surface area contributed by atoms with Crippen LogP contribution in [0.15, 0.2) is 5.38 Å². The molecule has 0 saturated carbocycles. The topological polar surface area (TPSA) is 45.2 Å². The van der Waals surface area contributed by atoms with E-state index < -0.39 is 0 Å². The first-order chi connectivity index (χ1) is 8.70. The molecule has 1 amide bonds. The number of nitrogens with zero attached hydrogens (tertiary/aromatic N) is 2. The fourth-order valence-electron chi connectivity index (χ4n) is 2.35. The summed E-state index contributed by atoms with van der Waals surface area (Å²) >= 11 is 1.54. The van der Waals surface area contributed by atoms with Gasteiger partial charge in [0.05, 0.1) is 5.01 Å². The second-order valence-corrected chi connectivity index (χ2v) is 5.86. The number of nitrogens with one attached hydrogen (secondary N) is 1. The van der Waals surface area contributed by atoms with Crippen LogP contribution in [0.2, 0.25) is 0 Å². The monoisotopic (exact) mass is 267 g/mol. The van der Waals surface area contributed by atoms with Crippen LogP contribution in [0.1, 0.15) is 41.7 Å². The number of aryl methyl sites for hydroxylation is 1. The van der Waals surface area contributed by atoms with Crippen molar-refractivity contribution in [2.24, 2.45) is 0 Å². The normalized spacial score (nSPS) is 19.1. The van der Waals surface area contributed by atoms with Crippen LogP contribution < -0.4 is 5.32 Å². The Kier molecular flexibility index (Phi) is 4.72. The van der Waals surface area contributed by atoms with Gasteiger partial charge < -0.3 is 10.2 Å². The Morgan fingerprint density at radius 3 is 3.06 bits per heavy atom. The van der Waals surface area contributed by atoms with Crippen LogP contribution in [0.3, 0.4) is 0 Å². The third kappa shape index (κ3) is 3.29. The Labute approximate surface area is 112 Å². The van der Waals surface area contributed by atoms with Gasteiger partial charge in [0, 0.05) is 24.5 Å². The maximum absolute atomic E-state index is 12.4. The van der Waals surface area contributed by atoms with Crippen molar-refractivity contribution in [3.8, 4) is 0 Å². The van der Waals surface area contributed by atoms with E-state index in [0.29, 0.717) is 11.7 Å². The van der Waals surface area contributed by atoms with Crippen molar-refractivity contribution in [1.29, 1.82) is 0 Å². The molecule has 1 fully saturated rings. The highest BCUT2D eigenvalue weighted by atomic mass is 32.1. The van der Waals surface area contributed by atoms with Crippen LogP contribution in [0.5, 0.6) is 0 Å². The van der Waals surface area contributed by atoms with E-state index in [0.717, 1.165) is 31.1 Å². The van der Waals surface area contributed by atoms with Crippen molar-refractivity contribution in [2.45, 2.75) is 39.2 Å². The van der Waals surface area contributed by atoms with Gasteiger partial charge in [-0.3, -0.25) is 4.79 Å². The fraction of sp³-hybridized carbons (Fsp3) is 0.692. The van der Waals surface area contributed by atoms with Crippen LogP contribution in [-0.2, 0) is 0 Å². The quantitative estimate of drug-likeness (QED) is 0.888. The summed E-state index contributed by atoms with van der Waals surface area (Å²) in [5.74, 6) is 0.0786. The molecule has 0 aromatic carbocycles. The molecule has 5 heteroatoms. The molecule has 2 rings (SSSR count). The van der Waals surface area contributed by atoms with Crippen LogP contribution in [0.4, 0.5) is 0 Å². The molecule has 1 aromatic heterocycles. The minimum atomic E-state index is 0.0786. The van der Waals surface area contributed by atoms with E-state index in [1.54, 1.807) is 0 Å². The molecule has 100 valence electrons. The molecule has 0 bridgehead atoms. The predicted molar refractivity (Wildman–Crippen MR) is 74.1 cm³/mol. The van der Waals surface area contributed by atoms with Crippen molar-refractivity contribution in [2.75, 3.05) is 19.6 Å². The summed E-state index contributed by atoms with van der Waals surface area (Å²) in [6.07, 6.45) is 3.37. The molecule has 18 heavy (non-hydrogen) atoms. The van der Waals surface area contributed by atoms with Crippen molar-refractivity contribution >= 4 is 17.2 Å². The van der Waals surface area contributed by atoms with Gasteiger partial charge in [-0.2, -0.15) is 0 Å². The number of hydrogen-bond donors (Lipinski definition) is 1. The number of carbonyl (C=O) groups excluding carboxylic acids is 1. The molecule has 0 aliphatic carbocycles. The van der Waals surface area contributed by atoms with Gasteiger partial charge in [-0.25, -0.2) is 4.98 Å². The highest BCUT2D eigenvalue weighted by Crippen LogP contribution is 2.13. The van der Waals surface area contributed by atoms with E-state index in [1.807, 2.05) is 17.2 Å². The summed E-state index contributed by atoms with van der Waals surface area (Å²) < 4.78 is 0. The minimum absolute atomic E-state index is 0.0786. The van der Waals surface area contributed by atoms with Crippen molar-refractivity contribution in [3.05, 3.63) is 16.1 Å². The zero-order chi connectivity index (χ0) is 13.0. The van der Waals surface area contributed by atoms with Crippen LogP contribution in [-0.4, -0.2) is 41.5 Å². The molecule has 1 aromatic rings. The summed E-state index contributed by atoms with van der Waals surface area (Å²) in [5, 5.41) is 6.26. The average molecular weight is 267 g/mol. The maximum Gasteiger partial charge on any atom is 0.273 e. The summed E-state index contributed by atoms with van der Waals surface area (Å²) in [5.41, 5.74) is 0.601. The maximum atomic E-state index is 12.4. The second-order valence-electron chi connectivity index (χ2n) is 4.80. The third-order valence-electron chi connectivity index (χ3n) is 3.22. The zero-order valence-corrected chi connectivity index (χ0v) is 11.9. The standard InChI is InChI=1S/C13H21N3OS/c1-3-7-16(8-11-5-4-6-14-11)13(17)12-9-18-10(2)15-12/h9,11,14H,3-8H2,1-2H3. The van der Waals surface area contributed by atoms with Gasteiger partial charge >= 0.3 is 0 Å². The molecule has 0 radical (unpaired) electrons. The number of aromatic nitrogens is 1. The fourth-order valence-corrected chi connectivity index (χ4v) is 2.93. The first-order valence-electron chi connectivity index (χ1n) is 6.65. The molecular formula is C13H21N3OS. The molecule has 1 unspecified atom stereocenters. The largest absolute Gasteiger partial charge is 0.336 e. The summed E-state index contributed by atoms with van der Waals surface area (Å²) in [6, 6.07) is 0.459. The first kappa shape index (κ1) is 13.5. The third-order valence-corrected chi connectivity index (χ3v) is 4.00. The molecule has 1 saturated heterocycles. The van der Waals surface area contributed by atoms with Crippen LogP contribution in [0, 0.1) is 6.92 Å². The summed E-state index contributed by atoms with van der Waals surface area (Å²) in [7, 11) is 0. The lowest BCUT2D eigenvalue weighted by molar-refractivity contribution is 0.0736. The lowest BCUT2D eigenvalue weighted by atomic mass is 10.2. The van der Waals surface area contributed by atoms with E-state index in [2.05, 4.69) is 17.2 Å². The average Bonchev–Trinajstić information content (AvgIpc) is 2.99. The van der Waals surface area contributed by atoms with E-state index in [9.17, 15) is 4.79 Å². The van der Waals surface area contributed by atoms with Crippen molar-refractivity contribution in [3.63, 3.8) is 0 Å². The van der Waals surface area contributed by atoms with Gasteiger partial charge in [-0.1, -0.05) is 6.92 Å². The molecule has 2 heterocycles. The molecule has 1 atom stereocenters. The number of rotatable bonds is 5. The number of carbonyl (C=O) groups is 1. The van der Waals surface area contributed by atoms with Gasteiger partial charge in [0.2, 0.25) is 0 Å². The lowest BCUT2D eigenvalue weighted by Gasteiger charge is -2.24. The second kappa shape index (κ2) is 6.29. The zero-order valence-electron chi connectivity index (χ0n) is 11.1. The Bertz CT molecular complexity index is 399. The van der Waals surface area contributed by atoms with Gasteiger partial charge in [0.15, 0.2) is 0 Å². The van der Waals surface area contributed by atoms with Crippen LogP contribution >= 0.6 is 11.3 Å². The van der Waals surface area contributed by atoms with Crippen molar-refractivity contribution in [1.82, 2.24) is 15.2 Å². The number of hydrogen-bond acceptors (Lipinski definition) is 4. The SMILES string of the molecule is CCCN(CC1CCCN1)C(=O)c1csc(C)n1. The molecular weight excluding hydrogens is 246 g/mol. The predicted octanol–water partition coefficient (Wildman–Crippen LogP) is 2.06. The minimum Gasteiger partial charge on any atom is -0.336 e. The Morgan fingerprint density at radius 2 is 2.50 bits per heavy atom. The van der Waals surface area contributed by atoms with Gasteiger partial charge in [0.25, 0.3) is 5.91 Å². The highest BCUT2D eigenvalue weighted by Gasteiger charge is 2.23. The van der Waals surface area contributed by atoms with Crippen LogP contribution in [0.25, 0.3) is 0 Å². The van der Waals surface area contributed by atoms with E-state index >= 15 is 0 Å². The molecule has 0 spiro atoms. The highest BCUT2D eigenvalue weighted by molar-refractivity contribution is 7.09. The van der Waals surface area contributed by atoms with E-state index in [4.69, 9.17) is 0 Å². The molecule has 4 nitrogen and oxygen atoms in total. The van der Waals surface area contributed by atoms with Crippen molar-refractivity contribution < 1.29 is 4.79 Å². The number of amides is 1. The Hall–Kier alpha value is -0.940. The summed E-state index contributed by atoms with van der Waals surface area (Å²) in [6.45, 7) is 6.74. The van der Waals surface area contributed by atoms with E-state index in [1.165, 1.54) is 24.2 Å². The van der Waals surface area contributed by atoms with Gasteiger partial charge in [-0.05, 0) is 32.7 Å². The molecule has 1 aliphatic rings. The van der Waals surface area contributed by atoms with E-state index in [-0.39, 0.29) is 5.91 Å².